The third kappa shape index (κ3) is 3.13. The smallest absolute Gasteiger partial charge is 0.258 e. The largest absolute Gasteiger partial charge is 0.396 e. The van der Waals surface area contributed by atoms with E-state index in [1.165, 1.54) is 17.3 Å². The number of anilines is 2. The molecular formula is C10H16N8O. The third-order valence-electron chi connectivity index (χ3n) is 2.76. The van der Waals surface area contributed by atoms with Crippen molar-refractivity contribution < 1.29 is 5.11 Å². The highest BCUT2D eigenvalue weighted by Gasteiger charge is 2.14. The maximum atomic E-state index is 9.10. The molecule has 0 fully saturated rings. The van der Waals surface area contributed by atoms with Gasteiger partial charge in [-0.1, -0.05) is 6.92 Å². The van der Waals surface area contributed by atoms with E-state index < -0.39 is 0 Å². The number of nitrogens with one attached hydrogen (secondary N) is 1. The van der Waals surface area contributed by atoms with Crippen LogP contribution in [0.3, 0.4) is 0 Å². The fourth-order valence-electron chi connectivity index (χ4n) is 1.36. The highest BCUT2D eigenvalue weighted by molar-refractivity contribution is 5.35. The van der Waals surface area contributed by atoms with Crippen molar-refractivity contribution >= 4 is 11.9 Å². The van der Waals surface area contributed by atoms with E-state index in [2.05, 4.69) is 30.4 Å². The van der Waals surface area contributed by atoms with E-state index >= 15 is 0 Å². The number of aromatic nitrogens is 6. The van der Waals surface area contributed by atoms with Crippen molar-refractivity contribution in [2.24, 2.45) is 5.92 Å². The Morgan fingerprint density at radius 1 is 1.37 bits per heavy atom. The van der Waals surface area contributed by atoms with Crippen molar-refractivity contribution in [2.45, 2.75) is 19.9 Å². The minimum atomic E-state index is -0.00426. The molecule has 0 aliphatic rings. The number of nitrogens with two attached hydrogens (primary N) is 1. The second-order valence-electron chi connectivity index (χ2n) is 4.25. The van der Waals surface area contributed by atoms with Crippen LogP contribution in [0.4, 0.5) is 11.9 Å². The van der Waals surface area contributed by atoms with Crippen LogP contribution in [0.1, 0.15) is 13.8 Å². The summed E-state index contributed by atoms with van der Waals surface area (Å²) in [5, 5.41) is 16.1. The maximum absolute atomic E-state index is 9.10. The summed E-state index contributed by atoms with van der Waals surface area (Å²) in [6.45, 7) is 3.92. The second-order valence-corrected chi connectivity index (χ2v) is 4.25. The van der Waals surface area contributed by atoms with E-state index in [-0.39, 0.29) is 30.5 Å². The van der Waals surface area contributed by atoms with Gasteiger partial charge in [-0.15, -0.1) is 0 Å². The molecule has 0 aliphatic carbocycles. The third-order valence-corrected chi connectivity index (χ3v) is 2.76. The Kier molecular flexibility index (Phi) is 3.85. The summed E-state index contributed by atoms with van der Waals surface area (Å²) in [7, 11) is 0. The summed E-state index contributed by atoms with van der Waals surface area (Å²) in [6.07, 6.45) is 2.85. The van der Waals surface area contributed by atoms with Gasteiger partial charge in [0, 0.05) is 12.6 Å². The number of hydrogen-bond donors (Lipinski definition) is 3. The Morgan fingerprint density at radius 3 is 2.79 bits per heavy atom. The van der Waals surface area contributed by atoms with Gasteiger partial charge in [0.2, 0.25) is 11.9 Å². The predicted molar refractivity (Wildman–Crippen MR) is 68.5 cm³/mol. The average molecular weight is 264 g/mol. The van der Waals surface area contributed by atoms with Crippen molar-refractivity contribution in [1.82, 2.24) is 29.7 Å². The number of rotatable bonds is 5. The molecular weight excluding hydrogens is 248 g/mol. The topological polar surface area (TPSA) is 128 Å². The molecule has 2 rings (SSSR count). The van der Waals surface area contributed by atoms with E-state index in [4.69, 9.17) is 10.8 Å². The monoisotopic (exact) mass is 264 g/mol. The van der Waals surface area contributed by atoms with Crippen molar-refractivity contribution in [3.8, 4) is 5.95 Å². The Hall–Kier alpha value is -2.29. The maximum Gasteiger partial charge on any atom is 0.258 e. The fourth-order valence-corrected chi connectivity index (χ4v) is 1.36. The molecule has 0 aliphatic heterocycles. The van der Waals surface area contributed by atoms with Crippen LogP contribution in [-0.4, -0.2) is 47.5 Å². The number of hydrogen-bond acceptors (Lipinski definition) is 8. The molecule has 9 nitrogen and oxygen atoms in total. The summed E-state index contributed by atoms with van der Waals surface area (Å²) in [6, 6.07) is -0.00426. The molecule has 0 amide bonds. The van der Waals surface area contributed by atoms with Crippen LogP contribution < -0.4 is 11.1 Å². The number of nitrogens with zero attached hydrogens (tertiary/aromatic N) is 6. The molecule has 9 heteroatoms. The van der Waals surface area contributed by atoms with Gasteiger partial charge in [0.1, 0.15) is 12.7 Å². The molecule has 2 aromatic heterocycles. The fraction of sp³-hybridized carbons (Fsp3) is 0.500. The molecule has 19 heavy (non-hydrogen) atoms. The minimum Gasteiger partial charge on any atom is -0.396 e. The van der Waals surface area contributed by atoms with E-state index in [0.717, 1.165) is 0 Å². The van der Waals surface area contributed by atoms with Gasteiger partial charge in [-0.3, -0.25) is 0 Å². The van der Waals surface area contributed by atoms with Gasteiger partial charge >= 0.3 is 0 Å². The zero-order valence-electron chi connectivity index (χ0n) is 10.7. The highest BCUT2D eigenvalue weighted by Crippen LogP contribution is 2.10. The number of nitrogen functional groups attached to an aromatic ring is 1. The Bertz CT molecular complexity index is 528. The molecule has 4 N–H and O–H groups in total. The summed E-state index contributed by atoms with van der Waals surface area (Å²) in [5.74, 6) is 0.779. The molecule has 0 radical (unpaired) electrons. The van der Waals surface area contributed by atoms with E-state index in [0.29, 0.717) is 5.95 Å². The van der Waals surface area contributed by atoms with Crippen LogP contribution in [0.15, 0.2) is 12.7 Å². The van der Waals surface area contributed by atoms with Crippen molar-refractivity contribution in [1.29, 1.82) is 0 Å². The van der Waals surface area contributed by atoms with Gasteiger partial charge < -0.3 is 16.2 Å². The first-order valence-corrected chi connectivity index (χ1v) is 5.84. The lowest BCUT2D eigenvalue weighted by molar-refractivity contribution is 0.226. The van der Waals surface area contributed by atoms with Crippen LogP contribution in [0.25, 0.3) is 5.95 Å². The molecule has 2 atom stereocenters. The Balaban J connectivity index is 2.22. The highest BCUT2D eigenvalue weighted by atomic mass is 16.3. The zero-order valence-corrected chi connectivity index (χ0v) is 10.7. The van der Waals surface area contributed by atoms with Gasteiger partial charge in [0.15, 0.2) is 0 Å². The molecule has 0 saturated heterocycles. The molecule has 2 aromatic rings. The van der Waals surface area contributed by atoms with Crippen molar-refractivity contribution in [3.63, 3.8) is 0 Å². The number of aliphatic hydroxyl groups is 1. The first-order valence-electron chi connectivity index (χ1n) is 5.84. The van der Waals surface area contributed by atoms with Crippen LogP contribution in [0.5, 0.6) is 0 Å². The average Bonchev–Trinajstić information content (AvgIpc) is 2.90. The first-order chi connectivity index (χ1) is 9.10. The quantitative estimate of drug-likeness (QED) is 0.657. The molecule has 2 unspecified atom stereocenters. The van der Waals surface area contributed by atoms with Gasteiger partial charge in [-0.25, -0.2) is 4.98 Å². The van der Waals surface area contributed by atoms with Crippen molar-refractivity contribution in [3.05, 3.63) is 12.7 Å². The van der Waals surface area contributed by atoms with Gasteiger partial charge in [-0.2, -0.15) is 24.7 Å². The molecule has 0 spiro atoms. The molecule has 0 bridgehead atoms. The van der Waals surface area contributed by atoms with E-state index in [9.17, 15) is 0 Å². The van der Waals surface area contributed by atoms with E-state index in [1.807, 2.05) is 13.8 Å². The van der Waals surface area contributed by atoms with Crippen LogP contribution in [0, 0.1) is 5.92 Å². The standard InChI is InChI=1S/C10H16N8O/c1-6(3-19)7(2)14-9-15-8(11)16-10(17-9)18-5-12-4-13-18/h4-7,19H,3H2,1-2H3,(H3,11,14,15,16,17). The van der Waals surface area contributed by atoms with Gasteiger partial charge in [0.05, 0.1) is 0 Å². The van der Waals surface area contributed by atoms with E-state index in [1.54, 1.807) is 0 Å². The lowest BCUT2D eigenvalue weighted by Gasteiger charge is -2.19. The summed E-state index contributed by atoms with van der Waals surface area (Å²) >= 11 is 0. The lowest BCUT2D eigenvalue weighted by atomic mass is 10.1. The molecule has 0 aromatic carbocycles. The normalized spacial score (nSPS) is 14.1. The first kappa shape index (κ1) is 13.1. The van der Waals surface area contributed by atoms with Crippen LogP contribution >= 0.6 is 0 Å². The zero-order chi connectivity index (χ0) is 13.8. The molecule has 0 saturated carbocycles. The van der Waals surface area contributed by atoms with Gasteiger partial charge in [-0.05, 0) is 12.8 Å². The Morgan fingerprint density at radius 2 is 2.16 bits per heavy atom. The van der Waals surface area contributed by atoms with Crippen LogP contribution in [0.2, 0.25) is 0 Å². The lowest BCUT2D eigenvalue weighted by Crippen LogP contribution is -2.27. The van der Waals surface area contributed by atoms with Gasteiger partial charge in [0.25, 0.3) is 5.95 Å². The number of aliphatic hydroxyl groups excluding tert-OH is 1. The summed E-state index contributed by atoms with van der Waals surface area (Å²) in [5.41, 5.74) is 5.64. The SMILES string of the molecule is CC(CO)C(C)Nc1nc(N)nc(-n2cncn2)n1. The Labute approximate surface area is 109 Å². The molecule has 2 heterocycles. The van der Waals surface area contributed by atoms with Crippen LogP contribution in [-0.2, 0) is 0 Å². The predicted octanol–water partition coefficient (Wildman–Crippen LogP) is -0.537. The summed E-state index contributed by atoms with van der Waals surface area (Å²) in [4.78, 5) is 16.0. The molecule has 102 valence electrons. The second kappa shape index (κ2) is 5.57. The minimum absolute atomic E-state index is 0.00426. The summed E-state index contributed by atoms with van der Waals surface area (Å²) < 4.78 is 1.39. The van der Waals surface area contributed by atoms with Crippen molar-refractivity contribution in [2.75, 3.05) is 17.7 Å².